The number of likely N-dealkylation sites (N-methyl/N-ethyl adjacent to an activating group) is 1. The molecule has 1 aliphatic carbocycles. The van der Waals surface area contributed by atoms with Crippen LogP contribution in [0.5, 0.6) is 0 Å². The molecule has 1 aromatic carbocycles. The highest BCUT2D eigenvalue weighted by atomic mass is 19.1. The topological polar surface area (TPSA) is 29.3 Å². The molecule has 2 N–H and O–H groups in total. The van der Waals surface area contributed by atoms with Gasteiger partial charge >= 0.3 is 0 Å². The first kappa shape index (κ1) is 15.4. The zero-order valence-corrected chi connectivity index (χ0v) is 12.5. The molecule has 112 valence electrons. The molecule has 1 fully saturated rings. The molecule has 1 aliphatic rings. The number of benzene rings is 1. The fraction of sp³-hybridized carbons (Fsp3) is 0.625. The molecular formula is C16H24F2N2. The van der Waals surface area contributed by atoms with Crippen LogP contribution in [0.4, 0.5) is 8.78 Å². The standard InChI is InChI=1S/C16H24F2N2/c1-11-4-6-16(7-5-11,20(2)3)15(19)12-8-13(17)10-14(18)9-12/h8-11,15H,4-7,19H2,1-3H3. The van der Waals surface area contributed by atoms with Gasteiger partial charge in [0.25, 0.3) is 0 Å². The molecule has 0 amide bonds. The third-order valence-electron chi connectivity index (χ3n) is 4.85. The summed E-state index contributed by atoms with van der Waals surface area (Å²) in [6.45, 7) is 2.24. The average molecular weight is 282 g/mol. The van der Waals surface area contributed by atoms with Gasteiger partial charge in [-0.3, -0.25) is 0 Å². The third-order valence-corrected chi connectivity index (χ3v) is 4.85. The number of nitrogens with zero attached hydrogens (tertiary/aromatic N) is 1. The fourth-order valence-corrected chi connectivity index (χ4v) is 3.36. The Kier molecular flexibility index (Phi) is 4.45. The van der Waals surface area contributed by atoms with Crippen molar-refractivity contribution in [2.75, 3.05) is 14.1 Å². The van der Waals surface area contributed by atoms with E-state index in [4.69, 9.17) is 5.73 Å². The number of hydrogen-bond donors (Lipinski definition) is 1. The molecule has 0 spiro atoms. The van der Waals surface area contributed by atoms with E-state index in [0.717, 1.165) is 31.7 Å². The number of hydrogen-bond acceptors (Lipinski definition) is 2. The van der Waals surface area contributed by atoms with Crippen LogP contribution in [-0.2, 0) is 0 Å². The van der Waals surface area contributed by atoms with Crippen LogP contribution >= 0.6 is 0 Å². The highest BCUT2D eigenvalue weighted by molar-refractivity contribution is 5.25. The zero-order valence-electron chi connectivity index (χ0n) is 12.5. The van der Waals surface area contributed by atoms with E-state index in [0.29, 0.717) is 11.5 Å². The van der Waals surface area contributed by atoms with Crippen LogP contribution in [0.3, 0.4) is 0 Å². The summed E-state index contributed by atoms with van der Waals surface area (Å²) in [5.74, 6) is -0.429. The Hall–Kier alpha value is -1.00. The van der Waals surface area contributed by atoms with Crippen molar-refractivity contribution in [3.63, 3.8) is 0 Å². The molecule has 1 aromatic rings. The molecule has 0 saturated heterocycles. The maximum atomic E-state index is 13.4. The Morgan fingerprint density at radius 1 is 1.15 bits per heavy atom. The Morgan fingerprint density at radius 3 is 2.10 bits per heavy atom. The van der Waals surface area contributed by atoms with Crippen molar-refractivity contribution >= 4 is 0 Å². The number of nitrogens with two attached hydrogens (primary N) is 1. The normalized spacial score (nSPS) is 28.6. The highest BCUT2D eigenvalue weighted by Crippen LogP contribution is 2.42. The van der Waals surface area contributed by atoms with Crippen LogP contribution in [0.2, 0.25) is 0 Å². The second-order valence-electron chi connectivity index (χ2n) is 6.36. The van der Waals surface area contributed by atoms with E-state index in [1.807, 2.05) is 14.1 Å². The van der Waals surface area contributed by atoms with Crippen LogP contribution in [0.1, 0.15) is 44.2 Å². The van der Waals surface area contributed by atoms with Gasteiger partial charge in [-0.05, 0) is 63.4 Å². The van der Waals surface area contributed by atoms with Gasteiger partial charge < -0.3 is 10.6 Å². The Bertz CT molecular complexity index is 445. The Balaban J connectivity index is 2.34. The molecule has 0 aromatic heterocycles. The predicted octanol–water partition coefficient (Wildman–Crippen LogP) is 3.48. The third kappa shape index (κ3) is 2.86. The summed E-state index contributed by atoms with van der Waals surface area (Å²) in [7, 11) is 4.01. The van der Waals surface area contributed by atoms with Gasteiger partial charge in [0.05, 0.1) is 0 Å². The van der Waals surface area contributed by atoms with Crippen molar-refractivity contribution < 1.29 is 8.78 Å². The molecule has 0 radical (unpaired) electrons. The van der Waals surface area contributed by atoms with Gasteiger partial charge in [0.2, 0.25) is 0 Å². The van der Waals surface area contributed by atoms with Crippen molar-refractivity contribution in [3.8, 4) is 0 Å². The van der Waals surface area contributed by atoms with E-state index in [1.54, 1.807) is 0 Å². The smallest absolute Gasteiger partial charge is 0.126 e. The van der Waals surface area contributed by atoms with Crippen LogP contribution in [-0.4, -0.2) is 24.5 Å². The minimum absolute atomic E-state index is 0.216. The molecule has 2 nitrogen and oxygen atoms in total. The first-order valence-corrected chi connectivity index (χ1v) is 7.24. The maximum Gasteiger partial charge on any atom is 0.126 e. The minimum Gasteiger partial charge on any atom is -0.322 e. The minimum atomic E-state index is -0.562. The molecule has 0 aliphatic heterocycles. The van der Waals surface area contributed by atoms with E-state index in [9.17, 15) is 8.78 Å². The molecular weight excluding hydrogens is 258 g/mol. The van der Waals surface area contributed by atoms with Crippen LogP contribution in [0.25, 0.3) is 0 Å². The molecule has 0 heterocycles. The van der Waals surface area contributed by atoms with E-state index < -0.39 is 11.6 Å². The lowest BCUT2D eigenvalue weighted by atomic mass is 9.70. The van der Waals surface area contributed by atoms with E-state index in [1.165, 1.54) is 12.1 Å². The summed E-state index contributed by atoms with van der Waals surface area (Å²) in [6, 6.07) is 3.23. The highest BCUT2D eigenvalue weighted by Gasteiger charge is 2.42. The van der Waals surface area contributed by atoms with Gasteiger partial charge in [0.1, 0.15) is 11.6 Å². The summed E-state index contributed by atoms with van der Waals surface area (Å²) in [5, 5.41) is 0. The molecule has 2 rings (SSSR count). The zero-order chi connectivity index (χ0) is 14.9. The SMILES string of the molecule is CC1CCC(C(N)c2cc(F)cc(F)c2)(N(C)C)CC1. The van der Waals surface area contributed by atoms with Crippen LogP contribution in [0, 0.1) is 17.6 Å². The first-order valence-electron chi connectivity index (χ1n) is 7.24. The van der Waals surface area contributed by atoms with Crippen LogP contribution < -0.4 is 5.73 Å². The van der Waals surface area contributed by atoms with Gasteiger partial charge in [-0.2, -0.15) is 0 Å². The molecule has 20 heavy (non-hydrogen) atoms. The van der Waals surface area contributed by atoms with E-state index >= 15 is 0 Å². The Labute approximate surface area is 120 Å². The van der Waals surface area contributed by atoms with Gasteiger partial charge in [-0.1, -0.05) is 6.92 Å². The van der Waals surface area contributed by atoms with Crippen molar-refractivity contribution in [3.05, 3.63) is 35.4 Å². The van der Waals surface area contributed by atoms with Crippen LogP contribution in [0.15, 0.2) is 18.2 Å². The van der Waals surface area contributed by atoms with Gasteiger partial charge in [-0.15, -0.1) is 0 Å². The molecule has 0 bridgehead atoms. The monoisotopic (exact) mass is 282 g/mol. The fourth-order valence-electron chi connectivity index (χ4n) is 3.36. The maximum absolute atomic E-state index is 13.4. The lowest BCUT2D eigenvalue weighted by Gasteiger charge is -2.48. The summed E-state index contributed by atoms with van der Waals surface area (Å²) in [4.78, 5) is 2.13. The number of halogens is 2. The average Bonchev–Trinajstić information content (AvgIpc) is 2.37. The molecule has 4 heteroatoms. The molecule has 1 atom stereocenters. The summed E-state index contributed by atoms with van der Waals surface area (Å²) in [6.07, 6.45) is 4.12. The predicted molar refractivity (Wildman–Crippen MR) is 77.3 cm³/mol. The molecule has 1 saturated carbocycles. The van der Waals surface area contributed by atoms with Gasteiger partial charge in [0, 0.05) is 17.6 Å². The van der Waals surface area contributed by atoms with Crippen molar-refractivity contribution in [2.45, 2.75) is 44.2 Å². The van der Waals surface area contributed by atoms with Crippen molar-refractivity contribution in [1.29, 1.82) is 0 Å². The lowest BCUT2D eigenvalue weighted by molar-refractivity contribution is 0.0562. The van der Waals surface area contributed by atoms with Crippen molar-refractivity contribution in [1.82, 2.24) is 4.90 Å². The number of rotatable bonds is 3. The lowest BCUT2D eigenvalue weighted by Crippen LogP contribution is -2.54. The van der Waals surface area contributed by atoms with E-state index in [2.05, 4.69) is 11.8 Å². The second kappa shape index (κ2) is 5.78. The Morgan fingerprint density at radius 2 is 1.65 bits per heavy atom. The summed E-state index contributed by atoms with van der Waals surface area (Å²) in [5.41, 5.74) is 6.75. The van der Waals surface area contributed by atoms with E-state index in [-0.39, 0.29) is 11.6 Å². The van der Waals surface area contributed by atoms with Crippen molar-refractivity contribution in [2.24, 2.45) is 11.7 Å². The van der Waals surface area contributed by atoms with Gasteiger partial charge in [-0.25, -0.2) is 8.78 Å². The summed E-state index contributed by atoms with van der Waals surface area (Å²) < 4.78 is 26.9. The first-order chi connectivity index (χ1) is 9.35. The largest absolute Gasteiger partial charge is 0.322 e. The molecule has 1 unspecified atom stereocenters. The summed E-state index contributed by atoms with van der Waals surface area (Å²) >= 11 is 0. The quantitative estimate of drug-likeness (QED) is 0.919. The second-order valence-corrected chi connectivity index (χ2v) is 6.36. The van der Waals surface area contributed by atoms with Gasteiger partial charge in [0.15, 0.2) is 0 Å².